The molecule has 0 aliphatic rings. The van der Waals surface area contributed by atoms with E-state index in [4.69, 9.17) is 5.73 Å². The molecule has 0 spiro atoms. The van der Waals surface area contributed by atoms with Gasteiger partial charge in [-0.15, -0.1) is 0 Å². The summed E-state index contributed by atoms with van der Waals surface area (Å²) in [4.78, 5) is 0. The van der Waals surface area contributed by atoms with E-state index in [1.807, 2.05) is 37.3 Å². The predicted octanol–water partition coefficient (Wildman–Crippen LogP) is 2.39. The molecule has 1 aromatic carbocycles. The Morgan fingerprint density at radius 2 is 2.20 bits per heavy atom. The minimum atomic E-state index is -0.566. The highest BCUT2D eigenvalue weighted by molar-refractivity contribution is 9.10. The van der Waals surface area contributed by atoms with Crippen molar-refractivity contribution in [2.45, 2.75) is 12.5 Å². The summed E-state index contributed by atoms with van der Waals surface area (Å²) in [7, 11) is 0. The molecule has 0 saturated heterocycles. The average molecular weight is 266 g/mol. The van der Waals surface area contributed by atoms with E-state index in [0.717, 1.165) is 15.7 Å². The smallest absolute Gasteiger partial charge is 0.0863 e. The lowest BCUT2D eigenvalue weighted by molar-refractivity contribution is 0.579. The summed E-state index contributed by atoms with van der Waals surface area (Å²) in [5.74, 6) is 0. The normalized spacial score (nSPS) is 14.9. The Morgan fingerprint density at radius 3 is 2.80 bits per heavy atom. The number of benzene rings is 1. The standard InChI is InChI=1S/C11H12BrN3/c1-11(13,10-5-6-14-15-10)8-3-2-4-9(12)7-8/h2-7H,13H2,1H3,(H,14,15). The second kappa shape index (κ2) is 3.79. The Labute approximate surface area is 96.8 Å². The zero-order chi connectivity index (χ0) is 10.9. The van der Waals surface area contributed by atoms with Crippen molar-refractivity contribution < 1.29 is 0 Å². The van der Waals surface area contributed by atoms with Crippen molar-refractivity contribution in [1.82, 2.24) is 10.2 Å². The number of hydrogen-bond donors (Lipinski definition) is 2. The number of aromatic amines is 1. The van der Waals surface area contributed by atoms with Crippen molar-refractivity contribution >= 4 is 15.9 Å². The van der Waals surface area contributed by atoms with E-state index in [2.05, 4.69) is 26.1 Å². The highest BCUT2D eigenvalue weighted by Crippen LogP contribution is 2.26. The van der Waals surface area contributed by atoms with Crippen LogP contribution in [0.1, 0.15) is 18.2 Å². The molecule has 1 heterocycles. The molecule has 0 saturated carbocycles. The summed E-state index contributed by atoms with van der Waals surface area (Å²) in [5.41, 5.74) is 7.57. The van der Waals surface area contributed by atoms with Gasteiger partial charge in [0.05, 0.1) is 11.2 Å². The fourth-order valence-corrected chi connectivity index (χ4v) is 1.91. The fraction of sp³-hybridized carbons (Fsp3) is 0.182. The lowest BCUT2D eigenvalue weighted by Gasteiger charge is -2.23. The van der Waals surface area contributed by atoms with E-state index < -0.39 is 5.54 Å². The van der Waals surface area contributed by atoms with E-state index in [1.165, 1.54) is 0 Å². The first-order valence-corrected chi connectivity index (χ1v) is 5.45. The quantitative estimate of drug-likeness (QED) is 0.876. The van der Waals surface area contributed by atoms with Gasteiger partial charge < -0.3 is 5.73 Å². The van der Waals surface area contributed by atoms with Crippen molar-refractivity contribution in [2.75, 3.05) is 0 Å². The van der Waals surface area contributed by atoms with Crippen LogP contribution in [-0.4, -0.2) is 10.2 Å². The highest BCUT2D eigenvalue weighted by Gasteiger charge is 2.25. The van der Waals surface area contributed by atoms with Crippen molar-refractivity contribution in [3.63, 3.8) is 0 Å². The van der Waals surface area contributed by atoms with Crippen LogP contribution >= 0.6 is 15.9 Å². The molecule has 0 radical (unpaired) electrons. The van der Waals surface area contributed by atoms with Gasteiger partial charge in [-0.25, -0.2) is 0 Å². The number of aromatic nitrogens is 2. The molecule has 0 aliphatic carbocycles. The van der Waals surface area contributed by atoms with Gasteiger partial charge in [0.25, 0.3) is 0 Å². The van der Waals surface area contributed by atoms with Crippen LogP contribution in [0, 0.1) is 0 Å². The second-order valence-corrected chi connectivity index (χ2v) is 4.59. The molecule has 0 aliphatic heterocycles. The van der Waals surface area contributed by atoms with Crippen LogP contribution < -0.4 is 5.73 Å². The molecule has 1 atom stereocenters. The fourth-order valence-electron chi connectivity index (χ4n) is 1.51. The Morgan fingerprint density at radius 1 is 1.40 bits per heavy atom. The van der Waals surface area contributed by atoms with Crippen LogP contribution in [-0.2, 0) is 5.54 Å². The molecule has 78 valence electrons. The van der Waals surface area contributed by atoms with Gasteiger partial charge >= 0.3 is 0 Å². The number of H-pyrrole nitrogens is 1. The molecule has 0 amide bonds. The van der Waals surface area contributed by atoms with Gasteiger partial charge in [-0.3, -0.25) is 5.10 Å². The van der Waals surface area contributed by atoms with Gasteiger partial charge in [-0.05, 0) is 30.7 Å². The largest absolute Gasteiger partial charge is 0.317 e. The predicted molar refractivity (Wildman–Crippen MR) is 63.4 cm³/mol. The maximum absolute atomic E-state index is 6.27. The molecule has 2 rings (SSSR count). The Kier molecular flexibility index (Phi) is 2.63. The van der Waals surface area contributed by atoms with Crippen molar-refractivity contribution in [3.05, 3.63) is 52.3 Å². The molecule has 0 fully saturated rings. The monoisotopic (exact) mass is 265 g/mol. The molecular formula is C11H12BrN3. The molecule has 4 heteroatoms. The average Bonchev–Trinajstić information content (AvgIpc) is 2.71. The third kappa shape index (κ3) is 1.96. The van der Waals surface area contributed by atoms with Crippen LogP contribution in [0.4, 0.5) is 0 Å². The van der Waals surface area contributed by atoms with Crippen molar-refractivity contribution in [1.29, 1.82) is 0 Å². The van der Waals surface area contributed by atoms with Crippen molar-refractivity contribution in [2.24, 2.45) is 5.73 Å². The summed E-state index contributed by atoms with van der Waals surface area (Å²) < 4.78 is 1.02. The lowest BCUT2D eigenvalue weighted by Crippen LogP contribution is -2.34. The van der Waals surface area contributed by atoms with Crippen LogP contribution in [0.3, 0.4) is 0 Å². The van der Waals surface area contributed by atoms with E-state index in [1.54, 1.807) is 6.20 Å². The highest BCUT2D eigenvalue weighted by atomic mass is 79.9. The van der Waals surface area contributed by atoms with Gasteiger partial charge in [0.2, 0.25) is 0 Å². The summed E-state index contributed by atoms with van der Waals surface area (Å²) >= 11 is 3.43. The van der Waals surface area contributed by atoms with Gasteiger partial charge in [0, 0.05) is 10.7 Å². The molecule has 3 nitrogen and oxygen atoms in total. The molecule has 1 unspecified atom stereocenters. The zero-order valence-electron chi connectivity index (χ0n) is 8.37. The lowest BCUT2D eigenvalue weighted by atomic mass is 9.90. The van der Waals surface area contributed by atoms with E-state index in [-0.39, 0.29) is 0 Å². The summed E-state index contributed by atoms with van der Waals surface area (Å²) in [6, 6.07) is 9.84. The topological polar surface area (TPSA) is 54.7 Å². The van der Waals surface area contributed by atoms with Gasteiger partial charge in [-0.2, -0.15) is 5.10 Å². The third-order valence-electron chi connectivity index (χ3n) is 2.46. The second-order valence-electron chi connectivity index (χ2n) is 3.67. The summed E-state index contributed by atoms with van der Waals surface area (Å²) in [6.45, 7) is 1.95. The van der Waals surface area contributed by atoms with Crippen LogP contribution in [0.25, 0.3) is 0 Å². The maximum Gasteiger partial charge on any atom is 0.0863 e. The number of rotatable bonds is 2. The molecule has 15 heavy (non-hydrogen) atoms. The van der Waals surface area contributed by atoms with Crippen LogP contribution in [0.5, 0.6) is 0 Å². The number of halogens is 1. The summed E-state index contributed by atoms with van der Waals surface area (Å²) in [6.07, 6.45) is 1.78. The Balaban J connectivity index is 2.46. The van der Waals surface area contributed by atoms with Crippen LogP contribution in [0.15, 0.2) is 41.0 Å². The molecule has 2 aromatic rings. The number of nitrogens with zero attached hydrogens (tertiary/aromatic N) is 1. The number of hydrogen-bond acceptors (Lipinski definition) is 2. The summed E-state index contributed by atoms with van der Waals surface area (Å²) in [5, 5.41) is 6.91. The SMILES string of the molecule is CC(N)(c1cccc(Br)c1)c1cc[nH]n1. The minimum Gasteiger partial charge on any atom is -0.317 e. The van der Waals surface area contributed by atoms with Gasteiger partial charge in [-0.1, -0.05) is 28.1 Å². The minimum absolute atomic E-state index is 0.566. The Hall–Kier alpha value is -1.13. The molecular weight excluding hydrogens is 254 g/mol. The van der Waals surface area contributed by atoms with Gasteiger partial charge in [0.1, 0.15) is 0 Å². The van der Waals surface area contributed by atoms with E-state index in [9.17, 15) is 0 Å². The molecule has 0 bridgehead atoms. The first-order chi connectivity index (χ1) is 7.10. The first-order valence-electron chi connectivity index (χ1n) is 4.66. The number of nitrogens with two attached hydrogens (primary N) is 1. The van der Waals surface area contributed by atoms with E-state index >= 15 is 0 Å². The first kappa shape index (κ1) is 10.4. The Bertz CT molecular complexity index is 449. The van der Waals surface area contributed by atoms with E-state index in [0.29, 0.717) is 0 Å². The van der Waals surface area contributed by atoms with Crippen LogP contribution in [0.2, 0.25) is 0 Å². The molecule has 1 aromatic heterocycles. The molecule has 3 N–H and O–H groups in total. The number of nitrogens with one attached hydrogen (secondary N) is 1. The third-order valence-corrected chi connectivity index (χ3v) is 2.95. The maximum atomic E-state index is 6.27. The van der Waals surface area contributed by atoms with Crippen molar-refractivity contribution in [3.8, 4) is 0 Å². The van der Waals surface area contributed by atoms with Gasteiger partial charge in [0.15, 0.2) is 0 Å². The zero-order valence-corrected chi connectivity index (χ0v) is 9.95.